The van der Waals surface area contributed by atoms with E-state index in [0.29, 0.717) is 5.95 Å². The first-order chi connectivity index (χ1) is 15.1. The van der Waals surface area contributed by atoms with Crippen LogP contribution in [0.15, 0.2) is 54.9 Å². The summed E-state index contributed by atoms with van der Waals surface area (Å²) in [6.07, 6.45) is 3.64. The molecule has 3 N–H and O–H groups in total. The lowest BCUT2D eigenvalue weighted by molar-refractivity contribution is 0.313. The summed E-state index contributed by atoms with van der Waals surface area (Å²) in [7, 11) is 2.17. The normalized spacial score (nSPS) is 14.7. The third-order valence-electron chi connectivity index (χ3n) is 5.67. The Kier molecular flexibility index (Phi) is 5.13. The molecule has 2 aromatic carbocycles. The molecule has 5 rings (SSSR count). The zero-order valence-electron chi connectivity index (χ0n) is 17.8. The zero-order chi connectivity index (χ0) is 21.2. The number of aromatic amines is 1. The lowest BCUT2D eigenvalue weighted by Gasteiger charge is -2.34. The summed E-state index contributed by atoms with van der Waals surface area (Å²) in [5, 5.41) is 14.8. The third-order valence-corrected chi connectivity index (χ3v) is 5.67. The van der Waals surface area contributed by atoms with Crippen LogP contribution in [0.2, 0.25) is 0 Å². The fourth-order valence-corrected chi connectivity index (χ4v) is 3.73. The second-order valence-electron chi connectivity index (χ2n) is 7.98. The van der Waals surface area contributed by atoms with Gasteiger partial charge in [-0.2, -0.15) is 10.1 Å². The summed E-state index contributed by atoms with van der Waals surface area (Å²) in [4.78, 5) is 13.9. The standard InChI is InChI=1S/C23H26N8/c1-16-14-24-23(28-22(16)26-19-4-3-17-15-25-29-21(17)13-19)27-18-5-7-20(8-6-18)31-11-9-30(2)10-12-31/h3-8,13-15H,9-12H2,1-2H3,(H,25,29)(H2,24,26,27,28). The van der Waals surface area contributed by atoms with Gasteiger partial charge in [0.05, 0.1) is 11.7 Å². The van der Waals surface area contributed by atoms with Crippen molar-refractivity contribution in [3.63, 3.8) is 0 Å². The number of hydrogen-bond donors (Lipinski definition) is 3. The molecule has 0 aliphatic carbocycles. The number of anilines is 5. The van der Waals surface area contributed by atoms with Crippen LogP contribution in [0.5, 0.6) is 0 Å². The van der Waals surface area contributed by atoms with Gasteiger partial charge in [-0.1, -0.05) is 0 Å². The molecule has 1 aliphatic rings. The summed E-state index contributed by atoms with van der Waals surface area (Å²) in [6.45, 7) is 6.31. The summed E-state index contributed by atoms with van der Waals surface area (Å²) >= 11 is 0. The second-order valence-corrected chi connectivity index (χ2v) is 7.98. The fraction of sp³-hybridized carbons (Fsp3) is 0.261. The molecule has 0 saturated carbocycles. The van der Waals surface area contributed by atoms with Gasteiger partial charge in [0.2, 0.25) is 5.95 Å². The van der Waals surface area contributed by atoms with Gasteiger partial charge in [0.1, 0.15) is 5.82 Å². The van der Waals surface area contributed by atoms with Gasteiger partial charge in [-0.25, -0.2) is 4.98 Å². The fourth-order valence-electron chi connectivity index (χ4n) is 3.73. The average molecular weight is 415 g/mol. The van der Waals surface area contributed by atoms with E-state index < -0.39 is 0 Å². The number of likely N-dealkylation sites (N-methyl/N-ethyl adjacent to an activating group) is 1. The number of fused-ring (bicyclic) bond motifs is 1. The Morgan fingerprint density at radius 3 is 2.48 bits per heavy atom. The number of piperazine rings is 1. The van der Waals surface area contributed by atoms with Gasteiger partial charge in [0.15, 0.2) is 0 Å². The van der Waals surface area contributed by atoms with E-state index in [1.165, 1.54) is 5.69 Å². The number of H-pyrrole nitrogens is 1. The third kappa shape index (κ3) is 4.29. The van der Waals surface area contributed by atoms with Gasteiger partial charge in [-0.15, -0.1) is 0 Å². The van der Waals surface area contributed by atoms with E-state index in [9.17, 15) is 0 Å². The van der Waals surface area contributed by atoms with Crippen molar-refractivity contribution < 1.29 is 0 Å². The van der Waals surface area contributed by atoms with Crippen LogP contribution in [0.25, 0.3) is 10.9 Å². The molecule has 0 bridgehead atoms. The van der Waals surface area contributed by atoms with E-state index in [4.69, 9.17) is 0 Å². The summed E-state index contributed by atoms with van der Waals surface area (Å²) in [5.74, 6) is 1.33. The largest absolute Gasteiger partial charge is 0.369 e. The van der Waals surface area contributed by atoms with E-state index in [1.807, 2.05) is 37.5 Å². The summed E-state index contributed by atoms with van der Waals surface area (Å²) in [5.41, 5.74) is 5.11. The smallest absolute Gasteiger partial charge is 0.229 e. The van der Waals surface area contributed by atoms with Gasteiger partial charge in [0, 0.05) is 60.4 Å². The highest BCUT2D eigenvalue weighted by Crippen LogP contribution is 2.24. The van der Waals surface area contributed by atoms with Crippen molar-refractivity contribution in [2.24, 2.45) is 0 Å². The molecular weight excluding hydrogens is 388 g/mol. The first-order valence-electron chi connectivity index (χ1n) is 10.5. The number of aryl methyl sites for hydroxylation is 1. The van der Waals surface area contributed by atoms with Gasteiger partial charge in [-0.3, -0.25) is 5.10 Å². The highest BCUT2D eigenvalue weighted by atomic mass is 15.2. The number of aromatic nitrogens is 4. The highest BCUT2D eigenvalue weighted by Gasteiger charge is 2.14. The van der Waals surface area contributed by atoms with E-state index in [2.05, 4.69) is 71.9 Å². The Balaban J connectivity index is 1.29. The Hall–Kier alpha value is -3.65. The van der Waals surface area contributed by atoms with Gasteiger partial charge in [-0.05, 0) is 56.4 Å². The topological polar surface area (TPSA) is 85.0 Å². The molecule has 0 unspecified atom stereocenters. The summed E-state index contributed by atoms with van der Waals surface area (Å²) < 4.78 is 0. The summed E-state index contributed by atoms with van der Waals surface area (Å²) in [6, 6.07) is 14.5. The monoisotopic (exact) mass is 414 g/mol. The molecule has 8 heteroatoms. The van der Waals surface area contributed by atoms with Crippen molar-refractivity contribution in [2.75, 3.05) is 48.8 Å². The molecule has 1 fully saturated rings. The van der Waals surface area contributed by atoms with Crippen LogP contribution in [0.1, 0.15) is 5.56 Å². The highest BCUT2D eigenvalue weighted by molar-refractivity contribution is 5.82. The average Bonchev–Trinajstić information content (AvgIpc) is 3.25. The molecule has 158 valence electrons. The molecule has 0 radical (unpaired) electrons. The number of nitrogens with zero attached hydrogens (tertiary/aromatic N) is 5. The maximum atomic E-state index is 4.68. The van der Waals surface area contributed by atoms with Crippen molar-refractivity contribution in [2.45, 2.75) is 6.92 Å². The molecule has 4 aromatic rings. The van der Waals surface area contributed by atoms with Crippen LogP contribution in [0.3, 0.4) is 0 Å². The van der Waals surface area contributed by atoms with E-state index in [-0.39, 0.29) is 0 Å². The minimum absolute atomic E-state index is 0.558. The van der Waals surface area contributed by atoms with Crippen LogP contribution < -0.4 is 15.5 Å². The SMILES string of the molecule is Cc1cnc(Nc2ccc(N3CCN(C)CC3)cc2)nc1Nc1ccc2cn[nH]c2c1. The van der Waals surface area contributed by atoms with Crippen LogP contribution in [0.4, 0.5) is 28.8 Å². The van der Waals surface area contributed by atoms with Crippen molar-refractivity contribution in [1.29, 1.82) is 0 Å². The maximum absolute atomic E-state index is 4.68. The quantitative estimate of drug-likeness (QED) is 0.457. The molecular formula is C23H26N8. The van der Waals surface area contributed by atoms with E-state index in [0.717, 1.165) is 59.8 Å². The van der Waals surface area contributed by atoms with Crippen LogP contribution in [0, 0.1) is 6.92 Å². The minimum atomic E-state index is 0.558. The zero-order valence-corrected chi connectivity index (χ0v) is 17.8. The molecule has 0 amide bonds. The second kappa shape index (κ2) is 8.23. The molecule has 1 saturated heterocycles. The van der Waals surface area contributed by atoms with E-state index >= 15 is 0 Å². The van der Waals surface area contributed by atoms with Crippen molar-refractivity contribution in [3.05, 3.63) is 60.4 Å². The maximum Gasteiger partial charge on any atom is 0.229 e. The predicted octanol–water partition coefficient (Wildman–Crippen LogP) is 3.90. The van der Waals surface area contributed by atoms with Crippen molar-refractivity contribution in [1.82, 2.24) is 25.1 Å². The minimum Gasteiger partial charge on any atom is -0.369 e. The molecule has 0 atom stereocenters. The van der Waals surface area contributed by atoms with Crippen LogP contribution in [-0.4, -0.2) is 58.3 Å². The number of rotatable bonds is 5. The van der Waals surface area contributed by atoms with Gasteiger partial charge < -0.3 is 20.4 Å². The van der Waals surface area contributed by atoms with Crippen LogP contribution >= 0.6 is 0 Å². The van der Waals surface area contributed by atoms with Crippen LogP contribution in [-0.2, 0) is 0 Å². The first kappa shape index (κ1) is 19.3. The van der Waals surface area contributed by atoms with Crippen molar-refractivity contribution >= 4 is 39.7 Å². The first-order valence-corrected chi connectivity index (χ1v) is 10.5. The Morgan fingerprint density at radius 2 is 1.68 bits per heavy atom. The van der Waals surface area contributed by atoms with Gasteiger partial charge >= 0.3 is 0 Å². The molecule has 2 aromatic heterocycles. The Labute approximate surface area is 181 Å². The number of nitrogens with one attached hydrogen (secondary N) is 3. The molecule has 3 heterocycles. The van der Waals surface area contributed by atoms with Crippen molar-refractivity contribution in [3.8, 4) is 0 Å². The number of benzene rings is 2. The Bertz CT molecular complexity index is 1180. The van der Waals surface area contributed by atoms with Gasteiger partial charge in [0.25, 0.3) is 0 Å². The van der Waals surface area contributed by atoms with E-state index in [1.54, 1.807) is 0 Å². The lowest BCUT2D eigenvalue weighted by Crippen LogP contribution is -2.44. The predicted molar refractivity (Wildman–Crippen MR) is 126 cm³/mol. The number of hydrogen-bond acceptors (Lipinski definition) is 7. The molecule has 31 heavy (non-hydrogen) atoms. The molecule has 1 aliphatic heterocycles. The molecule has 8 nitrogen and oxygen atoms in total. The lowest BCUT2D eigenvalue weighted by atomic mass is 10.2. The molecule has 0 spiro atoms. The Morgan fingerprint density at radius 1 is 0.903 bits per heavy atom.